The van der Waals surface area contributed by atoms with E-state index in [1.165, 1.54) is 11.8 Å². The topological polar surface area (TPSA) is 61.7 Å². The van der Waals surface area contributed by atoms with Crippen molar-refractivity contribution in [2.75, 3.05) is 0 Å². The number of aliphatic imine (C=N–C) groups is 1. The van der Waals surface area contributed by atoms with Crippen LogP contribution in [0, 0.1) is 0 Å². The average Bonchev–Trinajstić information content (AvgIpc) is 2.58. The first-order chi connectivity index (χ1) is 8.74. The highest BCUT2D eigenvalue weighted by molar-refractivity contribution is 8.16. The Morgan fingerprint density at radius 1 is 1.42 bits per heavy atom. The Balaban J connectivity index is 2.32. The Labute approximate surface area is 121 Å². The van der Waals surface area contributed by atoms with E-state index in [-0.39, 0.29) is 5.91 Å². The molecule has 4 nitrogen and oxygen atoms in total. The van der Waals surface area contributed by atoms with Crippen molar-refractivity contribution in [1.29, 1.82) is 0 Å². The molecule has 102 valence electrons. The van der Waals surface area contributed by atoms with E-state index in [0.717, 1.165) is 0 Å². The second-order valence-corrected chi connectivity index (χ2v) is 6.83. The first-order valence-electron chi connectivity index (χ1n) is 5.80. The third kappa shape index (κ3) is 2.63. The molecule has 0 aromatic heterocycles. The number of carbonyl (C=O) groups is 1. The lowest BCUT2D eigenvalue weighted by Crippen LogP contribution is -2.50. The number of hydrogen-bond acceptors (Lipinski definition) is 4. The average molecular weight is 299 g/mol. The van der Waals surface area contributed by atoms with Gasteiger partial charge < -0.3 is 10.4 Å². The molecule has 2 N–H and O–H groups in total. The Bertz CT molecular complexity index is 554. The predicted molar refractivity (Wildman–Crippen MR) is 79.0 cm³/mol. The summed E-state index contributed by atoms with van der Waals surface area (Å²) in [5.74, 6) is -0.254. The first kappa shape index (κ1) is 14.4. The van der Waals surface area contributed by atoms with E-state index < -0.39 is 10.3 Å². The number of nitrogens with one attached hydrogen (secondary N) is 1. The summed E-state index contributed by atoms with van der Waals surface area (Å²) in [4.78, 5) is 16.3. The van der Waals surface area contributed by atoms with Gasteiger partial charge >= 0.3 is 0 Å². The third-order valence-electron chi connectivity index (χ3n) is 3.20. The van der Waals surface area contributed by atoms with Crippen molar-refractivity contribution < 1.29 is 9.90 Å². The number of halogens is 1. The van der Waals surface area contributed by atoms with Crippen LogP contribution in [0.15, 0.2) is 29.3 Å². The summed E-state index contributed by atoms with van der Waals surface area (Å²) in [6.07, 6.45) is 0. The zero-order valence-corrected chi connectivity index (χ0v) is 12.5. The van der Waals surface area contributed by atoms with Gasteiger partial charge in [-0.25, -0.2) is 4.99 Å². The van der Waals surface area contributed by atoms with Crippen LogP contribution in [0.4, 0.5) is 5.69 Å². The van der Waals surface area contributed by atoms with Gasteiger partial charge in [-0.05, 0) is 32.9 Å². The maximum Gasteiger partial charge on any atom is 0.245 e. The van der Waals surface area contributed by atoms with Crippen LogP contribution in [0.2, 0.25) is 5.02 Å². The van der Waals surface area contributed by atoms with Crippen LogP contribution in [0.1, 0.15) is 20.8 Å². The lowest BCUT2D eigenvalue weighted by atomic mass is 9.91. The van der Waals surface area contributed by atoms with Gasteiger partial charge in [-0.3, -0.25) is 4.79 Å². The summed E-state index contributed by atoms with van der Waals surface area (Å²) >= 11 is 7.23. The summed E-state index contributed by atoms with van der Waals surface area (Å²) in [6.45, 7) is 4.91. The molecule has 1 fully saturated rings. The van der Waals surface area contributed by atoms with Crippen molar-refractivity contribution in [3.8, 4) is 0 Å². The molecule has 0 saturated carbocycles. The van der Waals surface area contributed by atoms with E-state index >= 15 is 0 Å². The van der Waals surface area contributed by atoms with Gasteiger partial charge in [0, 0.05) is 0 Å². The van der Waals surface area contributed by atoms with E-state index in [4.69, 9.17) is 11.6 Å². The number of benzene rings is 1. The SMILES string of the molecule is CC(C)(O)C1(C)SC(=Nc2ccccc2Cl)NC1=O. The molecule has 1 saturated heterocycles. The highest BCUT2D eigenvalue weighted by Gasteiger charge is 2.52. The second kappa shape index (κ2) is 4.81. The Morgan fingerprint density at radius 2 is 2.05 bits per heavy atom. The van der Waals surface area contributed by atoms with Crippen LogP contribution in [0.25, 0.3) is 0 Å². The van der Waals surface area contributed by atoms with Crippen LogP contribution in [-0.2, 0) is 4.79 Å². The Morgan fingerprint density at radius 3 is 2.58 bits per heavy atom. The molecule has 0 radical (unpaired) electrons. The molecule has 0 bridgehead atoms. The van der Waals surface area contributed by atoms with Gasteiger partial charge in [-0.1, -0.05) is 35.5 Å². The van der Waals surface area contributed by atoms with Crippen molar-refractivity contribution in [3.63, 3.8) is 0 Å². The number of amides is 1. The quantitative estimate of drug-likeness (QED) is 0.882. The minimum absolute atomic E-state index is 0.254. The zero-order chi connectivity index (χ0) is 14.3. The Kier molecular flexibility index (Phi) is 3.64. The molecule has 2 rings (SSSR count). The predicted octanol–water partition coefficient (Wildman–Crippen LogP) is 2.72. The molecule has 1 aliphatic rings. The number of amidine groups is 1. The number of aliphatic hydroxyl groups is 1. The number of hydrogen-bond donors (Lipinski definition) is 2. The molecule has 1 aromatic rings. The summed E-state index contributed by atoms with van der Waals surface area (Å²) in [6, 6.07) is 7.13. The highest BCUT2D eigenvalue weighted by Crippen LogP contribution is 2.41. The van der Waals surface area contributed by atoms with Crippen LogP contribution in [0.3, 0.4) is 0 Å². The molecule has 1 aromatic carbocycles. The number of rotatable bonds is 2. The molecule has 1 atom stereocenters. The first-order valence-corrected chi connectivity index (χ1v) is 6.99. The molecular weight excluding hydrogens is 284 g/mol. The smallest absolute Gasteiger partial charge is 0.245 e. The van der Waals surface area contributed by atoms with Gasteiger partial charge in [-0.15, -0.1) is 0 Å². The largest absolute Gasteiger partial charge is 0.388 e. The van der Waals surface area contributed by atoms with Crippen molar-refractivity contribution in [2.24, 2.45) is 4.99 Å². The number of thioether (sulfide) groups is 1. The lowest BCUT2D eigenvalue weighted by Gasteiger charge is -2.32. The summed E-state index contributed by atoms with van der Waals surface area (Å²) in [7, 11) is 0. The summed E-state index contributed by atoms with van der Waals surface area (Å²) in [5.41, 5.74) is -0.563. The summed E-state index contributed by atoms with van der Waals surface area (Å²) in [5, 5.41) is 13.8. The van der Waals surface area contributed by atoms with E-state index in [2.05, 4.69) is 10.3 Å². The second-order valence-electron chi connectivity index (χ2n) is 5.02. The van der Waals surface area contributed by atoms with Gasteiger partial charge in [0.05, 0.1) is 16.3 Å². The van der Waals surface area contributed by atoms with Crippen molar-refractivity contribution >= 4 is 40.1 Å². The zero-order valence-electron chi connectivity index (χ0n) is 10.9. The van der Waals surface area contributed by atoms with E-state index in [0.29, 0.717) is 15.9 Å². The fourth-order valence-corrected chi connectivity index (χ4v) is 2.83. The van der Waals surface area contributed by atoms with E-state index in [1.54, 1.807) is 32.9 Å². The molecule has 1 unspecified atom stereocenters. The monoisotopic (exact) mass is 298 g/mol. The fraction of sp³-hybridized carbons (Fsp3) is 0.385. The number of carbonyl (C=O) groups excluding carboxylic acids is 1. The standard InChI is InChI=1S/C13H15ClN2O2S/c1-12(2,18)13(3)10(17)16-11(19-13)15-9-7-5-4-6-8(9)14/h4-7,18H,1-3H3,(H,15,16,17). The van der Waals surface area contributed by atoms with E-state index in [9.17, 15) is 9.90 Å². The molecule has 6 heteroatoms. The van der Waals surface area contributed by atoms with Gasteiger partial charge in [-0.2, -0.15) is 0 Å². The van der Waals surface area contributed by atoms with Gasteiger partial charge in [0.15, 0.2) is 5.17 Å². The van der Waals surface area contributed by atoms with Crippen LogP contribution in [0.5, 0.6) is 0 Å². The van der Waals surface area contributed by atoms with Crippen molar-refractivity contribution in [3.05, 3.63) is 29.3 Å². The minimum atomic E-state index is -1.15. The number of para-hydroxylation sites is 1. The molecule has 19 heavy (non-hydrogen) atoms. The maximum atomic E-state index is 12.0. The fourth-order valence-electron chi connectivity index (χ4n) is 1.59. The third-order valence-corrected chi connectivity index (χ3v) is 5.00. The maximum absolute atomic E-state index is 12.0. The van der Waals surface area contributed by atoms with Gasteiger partial charge in [0.25, 0.3) is 0 Å². The highest BCUT2D eigenvalue weighted by atomic mass is 35.5. The normalized spacial score (nSPS) is 25.7. The van der Waals surface area contributed by atoms with Crippen molar-refractivity contribution in [2.45, 2.75) is 31.1 Å². The van der Waals surface area contributed by atoms with E-state index in [1.807, 2.05) is 12.1 Å². The number of nitrogens with zero attached hydrogens (tertiary/aromatic N) is 1. The molecule has 0 spiro atoms. The molecule has 1 amide bonds. The Hall–Kier alpha value is -1.04. The molecule has 1 aliphatic heterocycles. The van der Waals surface area contributed by atoms with Gasteiger partial charge in [0.1, 0.15) is 4.75 Å². The molecule has 0 aliphatic carbocycles. The van der Waals surface area contributed by atoms with Crippen molar-refractivity contribution in [1.82, 2.24) is 5.32 Å². The molecule has 1 heterocycles. The lowest BCUT2D eigenvalue weighted by molar-refractivity contribution is -0.126. The van der Waals surface area contributed by atoms with Crippen LogP contribution in [-0.4, -0.2) is 26.5 Å². The van der Waals surface area contributed by atoms with Crippen LogP contribution >= 0.6 is 23.4 Å². The minimum Gasteiger partial charge on any atom is -0.388 e. The molecular formula is C13H15ClN2O2S. The van der Waals surface area contributed by atoms with Gasteiger partial charge in [0.2, 0.25) is 5.91 Å². The summed E-state index contributed by atoms with van der Waals surface area (Å²) < 4.78 is -0.965. The van der Waals surface area contributed by atoms with Crippen LogP contribution < -0.4 is 5.32 Å².